The van der Waals surface area contributed by atoms with E-state index in [0.717, 1.165) is 19.3 Å². The number of carbonyl (C=O) groups excluding carboxylic acids is 1. The van der Waals surface area contributed by atoms with Crippen LogP contribution in [0.25, 0.3) is 0 Å². The van der Waals surface area contributed by atoms with Crippen molar-refractivity contribution in [3.63, 3.8) is 0 Å². The second-order valence-corrected chi connectivity index (χ2v) is 3.88. The molecule has 74 valence electrons. The van der Waals surface area contributed by atoms with E-state index in [1.807, 2.05) is 0 Å². The highest BCUT2D eigenvalue weighted by atomic mass is 16.1. The lowest BCUT2D eigenvalue weighted by Gasteiger charge is -2.23. The molecule has 1 rings (SSSR count). The van der Waals surface area contributed by atoms with Crippen LogP contribution in [0, 0.1) is 12.8 Å². The van der Waals surface area contributed by atoms with Gasteiger partial charge in [0.1, 0.15) is 6.29 Å². The summed E-state index contributed by atoms with van der Waals surface area (Å²) >= 11 is 0. The quantitative estimate of drug-likeness (QED) is 0.655. The number of hydrogen-bond donors (Lipinski definition) is 1. The first-order valence-electron chi connectivity index (χ1n) is 5.27. The maximum Gasteiger partial charge on any atom is 0.123 e. The molecule has 0 aromatic rings. The molecule has 1 atom stereocenters. The first-order valence-corrected chi connectivity index (χ1v) is 5.27. The van der Waals surface area contributed by atoms with E-state index in [1.54, 1.807) is 0 Å². The van der Waals surface area contributed by atoms with E-state index in [1.165, 1.54) is 32.1 Å². The SMILES string of the molecule is [CH][C@H](C=O)CCNC1CCCCC1. The number of hydrogen-bond acceptors (Lipinski definition) is 2. The van der Waals surface area contributed by atoms with Crippen LogP contribution in [0.2, 0.25) is 0 Å². The van der Waals surface area contributed by atoms with E-state index >= 15 is 0 Å². The molecule has 0 aliphatic heterocycles. The highest BCUT2D eigenvalue weighted by molar-refractivity contribution is 5.54. The zero-order valence-electron chi connectivity index (χ0n) is 8.17. The number of nitrogens with one attached hydrogen (secondary N) is 1. The minimum atomic E-state index is -0.281. The summed E-state index contributed by atoms with van der Waals surface area (Å²) in [7, 11) is 0. The Balaban J connectivity index is 2.01. The average Bonchev–Trinajstić information content (AvgIpc) is 2.19. The Morgan fingerprint density at radius 1 is 1.38 bits per heavy atom. The average molecular weight is 181 g/mol. The van der Waals surface area contributed by atoms with Crippen molar-refractivity contribution in [1.29, 1.82) is 0 Å². The monoisotopic (exact) mass is 181 g/mol. The Morgan fingerprint density at radius 3 is 2.69 bits per heavy atom. The van der Waals surface area contributed by atoms with E-state index in [2.05, 4.69) is 5.32 Å². The molecule has 0 spiro atoms. The number of aldehydes is 1. The van der Waals surface area contributed by atoms with Gasteiger partial charge >= 0.3 is 0 Å². The van der Waals surface area contributed by atoms with Crippen molar-refractivity contribution in [1.82, 2.24) is 5.32 Å². The molecule has 0 bridgehead atoms. The van der Waals surface area contributed by atoms with Gasteiger partial charge in [0, 0.05) is 12.0 Å². The Labute approximate surface area is 81.1 Å². The third-order valence-electron chi connectivity index (χ3n) is 2.69. The van der Waals surface area contributed by atoms with Crippen molar-refractivity contribution < 1.29 is 4.79 Å². The summed E-state index contributed by atoms with van der Waals surface area (Å²) in [6.45, 7) is 6.36. The summed E-state index contributed by atoms with van der Waals surface area (Å²) in [6, 6.07) is 0.674. The zero-order chi connectivity index (χ0) is 9.52. The van der Waals surface area contributed by atoms with Crippen LogP contribution < -0.4 is 5.32 Å². The second-order valence-electron chi connectivity index (χ2n) is 3.88. The molecule has 2 heteroatoms. The van der Waals surface area contributed by atoms with Crippen molar-refractivity contribution in [3.8, 4) is 0 Å². The summed E-state index contributed by atoms with van der Waals surface area (Å²) < 4.78 is 0. The Bertz CT molecular complexity index is 141. The molecule has 0 unspecified atom stereocenters. The van der Waals surface area contributed by atoms with Gasteiger partial charge in [0.2, 0.25) is 0 Å². The maximum atomic E-state index is 10.2. The molecule has 13 heavy (non-hydrogen) atoms. The Hall–Kier alpha value is -0.370. The summed E-state index contributed by atoms with van der Waals surface area (Å²) in [4.78, 5) is 10.2. The molecule has 0 aromatic heterocycles. The van der Waals surface area contributed by atoms with Gasteiger partial charge in [0.05, 0.1) is 0 Å². The van der Waals surface area contributed by atoms with Gasteiger partial charge < -0.3 is 10.1 Å². The van der Waals surface area contributed by atoms with E-state index in [4.69, 9.17) is 6.92 Å². The van der Waals surface area contributed by atoms with Crippen LogP contribution in [-0.2, 0) is 4.79 Å². The molecule has 1 fully saturated rings. The standard InChI is InChI=1S/C11H19NO/c1-10(9-13)7-8-12-11-5-3-2-4-6-11/h1,9-12H,2-8H2/t10-/m0/s1. The van der Waals surface area contributed by atoms with Gasteiger partial charge in [-0.2, -0.15) is 0 Å². The van der Waals surface area contributed by atoms with E-state index in [-0.39, 0.29) is 5.92 Å². The molecular formula is C11H19NO. The van der Waals surface area contributed by atoms with Gasteiger partial charge in [-0.3, -0.25) is 0 Å². The third-order valence-corrected chi connectivity index (χ3v) is 2.69. The predicted molar refractivity (Wildman–Crippen MR) is 53.3 cm³/mol. The summed E-state index contributed by atoms with van der Waals surface area (Å²) in [5, 5.41) is 3.45. The number of rotatable bonds is 5. The highest BCUT2D eigenvalue weighted by Crippen LogP contribution is 2.17. The topological polar surface area (TPSA) is 29.1 Å². The predicted octanol–water partition coefficient (Wildman–Crippen LogP) is 1.82. The molecule has 1 aliphatic rings. The normalized spacial score (nSPS) is 21.3. The molecule has 0 aromatic carbocycles. The lowest BCUT2D eigenvalue weighted by atomic mass is 9.95. The highest BCUT2D eigenvalue weighted by Gasteiger charge is 2.12. The molecule has 0 saturated heterocycles. The molecule has 1 N–H and O–H groups in total. The van der Waals surface area contributed by atoms with Crippen LogP contribution in [0.4, 0.5) is 0 Å². The molecular weight excluding hydrogens is 162 g/mol. The van der Waals surface area contributed by atoms with Gasteiger partial charge in [0.15, 0.2) is 0 Å². The van der Waals surface area contributed by atoms with Gasteiger partial charge in [-0.05, 0) is 32.7 Å². The summed E-state index contributed by atoms with van der Waals surface area (Å²) in [5.74, 6) is -0.281. The fraction of sp³-hybridized carbons (Fsp3) is 0.818. The largest absolute Gasteiger partial charge is 0.314 e. The van der Waals surface area contributed by atoms with Crippen molar-refractivity contribution >= 4 is 6.29 Å². The Morgan fingerprint density at radius 2 is 2.08 bits per heavy atom. The molecule has 2 nitrogen and oxygen atoms in total. The van der Waals surface area contributed by atoms with Crippen molar-refractivity contribution in [2.24, 2.45) is 5.92 Å². The first kappa shape index (κ1) is 10.7. The van der Waals surface area contributed by atoms with Crippen molar-refractivity contribution in [2.75, 3.05) is 6.54 Å². The van der Waals surface area contributed by atoms with Crippen LogP contribution in [0.15, 0.2) is 0 Å². The fourth-order valence-corrected chi connectivity index (χ4v) is 1.83. The Kier molecular flexibility index (Phi) is 5.06. The van der Waals surface area contributed by atoms with Crippen LogP contribution in [0.3, 0.4) is 0 Å². The molecule has 1 aliphatic carbocycles. The molecule has 0 heterocycles. The summed E-state index contributed by atoms with van der Waals surface area (Å²) in [6.07, 6.45) is 8.23. The van der Waals surface area contributed by atoms with Gasteiger partial charge in [0.25, 0.3) is 0 Å². The first-order chi connectivity index (χ1) is 6.33. The minimum absolute atomic E-state index is 0.281. The van der Waals surface area contributed by atoms with Gasteiger partial charge in [-0.15, -0.1) is 0 Å². The van der Waals surface area contributed by atoms with E-state index < -0.39 is 0 Å². The number of carbonyl (C=O) groups is 1. The smallest absolute Gasteiger partial charge is 0.123 e. The van der Waals surface area contributed by atoms with Crippen LogP contribution in [0.1, 0.15) is 38.5 Å². The van der Waals surface area contributed by atoms with Crippen molar-refractivity contribution in [3.05, 3.63) is 6.92 Å². The van der Waals surface area contributed by atoms with Gasteiger partial charge in [-0.25, -0.2) is 0 Å². The maximum absolute atomic E-state index is 10.2. The van der Waals surface area contributed by atoms with Crippen molar-refractivity contribution in [2.45, 2.75) is 44.6 Å². The van der Waals surface area contributed by atoms with Crippen LogP contribution in [-0.4, -0.2) is 18.9 Å². The second kappa shape index (κ2) is 6.14. The lowest BCUT2D eigenvalue weighted by molar-refractivity contribution is -0.110. The lowest BCUT2D eigenvalue weighted by Crippen LogP contribution is -2.32. The van der Waals surface area contributed by atoms with Crippen LogP contribution >= 0.6 is 0 Å². The van der Waals surface area contributed by atoms with Crippen LogP contribution in [0.5, 0.6) is 0 Å². The zero-order valence-corrected chi connectivity index (χ0v) is 8.17. The third kappa shape index (κ3) is 4.41. The van der Waals surface area contributed by atoms with E-state index in [0.29, 0.717) is 6.04 Å². The molecule has 1 saturated carbocycles. The fourth-order valence-electron chi connectivity index (χ4n) is 1.83. The molecule has 0 amide bonds. The minimum Gasteiger partial charge on any atom is -0.314 e. The summed E-state index contributed by atoms with van der Waals surface area (Å²) in [5.41, 5.74) is 0. The van der Waals surface area contributed by atoms with Gasteiger partial charge in [-0.1, -0.05) is 19.3 Å². The van der Waals surface area contributed by atoms with E-state index in [9.17, 15) is 4.79 Å². The molecule has 2 radical (unpaired) electrons.